The van der Waals surface area contributed by atoms with E-state index in [1.54, 1.807) is 0 Å². The molecule has 78 valence electrons. The van der Waals surface area contributed by atoms with Crippen molar-refractivity contribution in [1.82, 2.24) is 25.5 Å². The van der Waals surface area contributed by atoms with Crippen LogP contribution in [0, 0.1) is 0 Å². The van der Waals surface area contributed by atoms with E-state index in [1.807, 2.05) is 4.90 Å². The van der Waals surface area contributed by atoms with E-state index in [0.717, 1.165) is 0 Å². The Hall–Kier alpha value is -1.05. The highest BCUT2D eigenvalue weighted by atomic mass is 16.3. The number of aliphatic hydroxyl groups is 2. The Morgan fingerprint density at radius 3 is 3.07 bits per heavy atom. The van der Waals surface area contributed by atoms with E-state index in [2.05, 4.69) is 20.6 Å². The van der Waals surface area contributed by atoms with Crippen LogP contribution >= 0.6 is 0 Å². The Morgan fingerprint density at radius 2 is 2.43 bits per heavy atom. The molecule has 1 aromatic heterocycles. The molecule has 1 fully saturated rings. The van der Waals surface area contributed by atoms with E-state index in [1.165, 1.54) is 0 Å². The highest BCUT2D eigenvalue weighted by molar-refractivity contribution is 4.88. The molecule has 2 heterocycles. The highest BCUT2D eigenvalue weighted by Gasteiger charge is 2.30. The summed E-state index contributed by atoms with van der Waals surface area (Å²) < 4.78 is 0. The van der Waals surface area contributed by atoms with E-state index in [4.69, 9.17) is 5.11 Å². The van der Waals surface area contributed by atoms with Gasteiger partial charge in [0.2, 0.25) is 0 Å². The number of nitrogens with zero attached hydrogens (tertiary/aromatic N) is 4. The molecule has 1 aliphatic rings. The van der Waals surface area contributed by atoms with E-state index >= 15 is 0 Å². The molecule has 0 amide bonds. The number of H-pyrrole nitrogens is 1. The first-order valence-electron chi connectivity index (χ1n) is 4.55. The van der Waals surface area contributed by atoms with Crippen molar-refractivity contribution < 1.29 is 10.2 Å². The number of aliphatic hydroxyl groups excluding tert-OH is 2. The molecule has 2 atom stereocenters. The number of nitrogens with one attached hydrogen (secondary N) is 1. The molecular formula is C7H13N5O2. The van der Waals surface area contributed by atoms with Crippen LogP contribution in [0.4, 0.5) is 0 Å². The van der Waals surface area contributed by atoms with Crippen LogP contribution in [0.3, 0.4) is 0 Å². The SMILES string of the molecule is OCC1CC(O)CN1Cc1nn[nH]n1. The fourth-order valence-electron chi connectivity index (χ4n) is 1.77. The second kappa shape index (κ2) is 3.99. The summed E-state index contributed by atoms with van der Waals surface area (Å²) >= 11 is 0. The maximum Gasteiger partial charge on any atom is 0.188 e. The molecular weight excluding hydrogens is 186 g/mol. The molecule has 1 aromatic rings. The van der Waals surface area contributed by atoms with E-state index in [0.29, 0.717) is 25.3 Å². The normalized spacial score (nSPS) is 28.4. The minimum absolute atomic E-state index is 0.00324. The summed E-state index contributed by atoms with van der Waals surface area (Å²) in [5.74, 6) is 0.581. The Kier molecular flexibility index (Phi) is 2.71. The molecule has 2 rings (SSSR count). The van der Waals surface area contributed by atoms with Gasteiger partial charge in [-0.15, -0.1) is 10.2 Å². The van der Waals surface area contributed by atoms with Crippen molar-refractivity contribution in [1.29, 1.82) is 0 Å². The third-order valence-corrected chi connectivity index (χ3v) is 2.45. The van der Waals surface area contributed by atoms with Gasteiger partial charge in [0, 0.05) is 12.6 Å². The molecule has 0 aromatic carbocycles. The average molecular weight is 199 g/mol. The van der Waals surface area contributed by atoms with Crippen LogP contribution in [0.2, 0.25) is 0 Å². The molecule has 0 spiro atoms. The van der Waals surface area contributed by atoms with Gasteiger partial charge in [-0.1, -0.05) is 5.21 Å². The van der Waals surface area contributed by atoms with Gasteiger partial charge in [-0.25, -0.2) is 0 Å². The molecule has 2 unspecified atom stereocenters. The van der Waals surface area contributed by atoms with Crippen molar-refractivity contribution in [3.05, 3.63) is 5.82 Å². The van der Waals surface area contributed by atoms with Crippen LogP contribution in [-0.2, 0) is 6.54 Å². The van der Waals surface area contributed by atoms with Gasteiger partial charge in [0.05, 0.1) is 19.3 Å². The van der Waals surface area contributed by atoms with Crippen molar-refractivity contribution in [2.45, 2.75) is 25.1 Å². The summed E-state index contributed by atoms with van der Waals surface area (Å²) in [7, 11) is 0. The summed E-state index contributed by atoms with van der Waals surface area (Å²) in [6.45, 7) is 1.12. The summed E-state index contributed by atoms with van der Waals surface area (Å²) in [6.07, 6.45) is 0.244. The molecule has 0 saturated carbocycles. The molecule has 1 saturated heterocycles. The topological polar surface area (TPSA) is 98.2 Å². The summed E-state index contributed by atoms with van der Waals surface area (Å²) in [5.41, 5.74) is 0. The molecule has 7 nitrogen and oxygen atoms in total. The van der Waals surface area contributed by atoms with Gasteiger partial charge in [-0.2, -0.15) is 5.21 Å². The lowest BCUT2D eigenvalue weighted by Crippen LogP contribution is -2.32. The highest BCUT2D eigenvalue weighted by Crippen LogP contribution is 2.18. The van der Waals surface area contributed by atoms with Crippen LogP contribution < -0.4 is 0 Å². The lowest BCUT2D eigenvalue weighted by molar-refractivity contribution is 0.147. The minimum Gasteiger partial charge on any atom is -0.395 e. The molecule has 7 heteroatoms. The summed E-state index contributed by atoms with van der Waals surface area (Å²) in [6, 6.07) is 0.00324. The van der Waals surface area contributed by atoms with Crippen LogP contribution in [0.1, 0.15) is 12.2 Å². The van der Waals surface area contributed by atoms with Crippen molar-refractivity contribution in [3.8, 4) is 0 Å². The van der Waals surface area contributed by atoms with Gasteiger partial charge < -0.3 is 10.2 Å². The van der Waals surface area contributed by atoms with Crippen molar-refractivity contribution in [2.24, 2.45) is 0 Å². The minimum atomic E-state index is -0.362. The largest absolute Gasteiger partial charge is 0.395 e. The second-order valence-electron chi connectivity index (χ2n) is 3.48. The molecule has 14 heavy (non-hydrogen) atoms. The number of hydrogen-bond donors (Lipinski definition) is 3. The van der Waals surface area contributed by atoms with Gasteiger partial charge in [0.15, 0.2) is 5.82 Å². The number of aromatic amines is 1. The predicted octanol–water partition coefficient (Wildman–Crippen LogP) is -1.87. The first-order chi connectivity index (χ1) is 6.79. The zero-order valence-electron chi connectivity index (χ0n) is 7.67. The zero-order chi connectivity index (χ0) is 9.97. The van der Waals surface area contributed by atoms with Gasteiger partial charge in [0.1, 0.15) is 0 Å². The lowest BCUT2D eigenvalue weighted by Gasteiger charge is -2.19. The Bertz CT molecular complexity index is 278. The van der Waals surface area contributed by atoms with Gasteiger partial charge >= 0.3 is 0 Å². The van der Waals surface area contributed by atoms with Crippen molar-refractivity contribution >= 4 is 0 Å². The predicted molar refractivity (Wildman–Crippen MR) is 46.1 cm³/mol. The number of hydrogen-bond acceptors (Lipinski definition) is 6. The van der Waals surface area contributed by atoms with E-state index in [9.17, 15) is 5.11 Å². The number of likely N-dealkylation sites (tertiary alicyclic amines) is 1. The van der Waals surface area contributed by atoms with Gasteiger partial charge in [-0.05, 0) is 6.42 Å². The van der Waals surface area contributed by atoms with Crippen molar-refractivity contribution in [3.63, 3.8) is 0 Å². The smallest absolute Gasteiger partial charge is 0.188 e. The Balaban J connectivity index is 1.97. The molecule has 0 bridgehead atoms. The Morgan fingerprint density at radius 1 is 1.57 bits per heavy atom. The van der Waals surface area contributed by atoms with Gasteiger partial charge in [0.25, 0.3) is 0 Å². The number of β-amino-alcohol motifs (C(OH)–C–C–N with tert-alkyl or cyclic N) is 1. The standard InChI is InChI=1S/C7H13N5O2/c13-4-5-1-6(14)2-12(5)3-7-8-10-11-9-7/h5-6,13-14H,1-4H2,(H,8,9,10,11). The lowest BCUT2D eigenvalue weighted by atomic mass is 10.2. The van der Waals surface area contributed by atoms with Crippen molar-refractivity contribution in [2.75, 3.05) is 13.2 Å². The van der Waals surface area contributed by atoms with Crippen LogP contribution in [0.15, 0.2) is 0 Å². The summed E-state index contributed by atoms with van der Waals surface area (Å²) in [5, 5.41) is 31.9. The third-order valence-electron chi connectivity index (χ3n) is 2.45. The first-order valence-corrected chi connectivity index (χ1v) is 4.55. The fraction of sp³-hybridized carbons (Fsp3) is 0.857. The van der Waals surface area contributed by atoms with Crippen LogP contribution in [-0.4, -0.2) is 61.0 Å². The monoisotopic (exact) mass is 199 g/mol. The van der Waals surface area contributed by atoms with Crippen LogP contribution in [0.25, 0.3) is 0 Å². The van der Waals surface area contributed by atoms with E-state index < -0.39 is 0 Å². The Labute approximate surface area is 80.7 Å². The number of rotatable bonds is 3. The molecule has 3 N–H and O–H groups in total. The van der Waals surface area contributed by atoms with Crippen LogP contribution in [0.5, 0.6) is 0 Å². The zero-order valence-corrected chi connectivity index (χ0v) is 7.67. The summed E-state index contributed by atoms with van der Waals surface area (Å²) in [4.78, 5) is 1.95. The second-order valence-corrected chi connectivity index (χ2v) is 3.48. The number of aromatic nitrogens is 4. The average Bonchev–Trinajstić information content (AvgIpc) is 2.76. The quantitative estimate of drug-likeness (QED) is 0.527. The maximum absolute atomic E-state index is 9.41. The maximum atomic E-state index is 9.41. The van der Waals surface area contributed by atoms with Gasteiger partial charge in [-0.3, -0.25) is 4.90 Å². The van der Waals surface area contributed by atoms with E-state index in [-0.39, 0.29) is 18.8 Å². The third kappa shape index (κ3) is 1.89. The molecule has 0 aliphatic carbocycles. The number of tetrazole rings is 1. The first kappa shape index (κ1) is 9.50. The molecule has 1 aliphatic heterocycles. The fourth-order valence-corrected chi connectivity index (χ4v) is 1.77. The molecule has 0 radical (unpaired) electrons.